The molecule has 0 aliphatic rings. The van der Waals surface area contributed by atoms with Gasteiger partial charge in [0.15, 0.2) is 5.76 Å². The minimum absolute atomic E-state index is 0.163. The second-order valence-corrected chi connectivity index (χ2v) is 5.14. The lowest BCUT2D eigenvalue weighted by Gasteiger charge is -2.07. The molecule has 2 aromatic heterocycles. The van der Waals surface area contributed by atoms with E-state index in [0.717, 1.165) is 0 Å². The molecule has 25 heavy (non-hydrogen) atoms. The molecule has 0 spiro atoms. The lowest BCUT2D eigenvalue weighted by atomic mass is 10.2. The quantitative estimate of drug-likeness (QED) is 0.679. The third kappa shape index (κ3) is 4.23. The second-order valence-electron chi connectivity index (χ2n) is 5.14. The Morgan fingerprint density at radius 1 is 1.40 bits per heavy atom. The lowest BCUT2D eigenvalue weighted by molar-refractivity contribution is 0.0923. The van der Waals surface area contributed by atoms with Gasteiger partial charge in [-0.2, -0.15) is 10.4 Å². The summed E-state index contributed by atoms with van der Waals surface area (Å²) in [5.74, 6) is 1.13. The summed E-state index contributed by atoms with van der Waals surface area (Å²) < 4.78 is 10.9. The highest BCUT2D eigenvalue weighted by Crippen LogP contribution is 2.17. The molecule has 8 heteroatoms. The van der Waals surface area contributed by atoms with Gasteiger partial charge in [-0.05, 0) is 24.3 Å². The summed E-state index contributed by atoms with van der Waals surface area (Å²) in [6.45, 7) is 0.565. The maximum Gasteiger partial charge on any atom is 0.287 e. The van der Waals surface area contributed by atoms with Gasteiger partial charge in [0.05, 0.1) is 17.9 Å². The molecule has 0 bridgehead atoms. The highest BCUT2D eigenvalue weighted by atomic mass is 16.5. The standard InChI is InChI=1S/C17H15N5O3/c18-9-12-2-1-3-14(8-12)25-10-13-5-7-24-16(13)17(23)19-6-4-15-20-11-21-22-15/h1-3,5,7-8,11H,4,6,10H2,(H,19,23)(H,20,21,22). The topological polar surface area (TPSA) is 117 Å². The molecule has 0 aliphatic heterocycles. The molecule has 3 aromatic rings. The molecule has 3 rings (SSSR count). The van der Waals surface area contributed by atoms with Crippen LogP contribution in [0.4, 0.5) is 0 Å². The van der Waals surface area contributed by atoms with Crippen molar-refractivity contribution in [2.45, 2.75) is 13.0 Å². The maximum absolute atomic E-state index is 12.2. The molecule has 8 nitrogen and oxygen atoms in total. The molecule has 0 saturated carbocycles. The number of hydrogen-bond donors (Lipinski definition) is 2. The predicted molar refractivity (Wildman–Crippen MR) is 86.6 cm³/mol. The van der Waals surface area contributed by atoms with E-state index in [0.29, 0.717) is 35.7 Å². The third-order valence-corrected chi connectivity index (χ3v) is 3.42. The smallest absolute Gasteiger partial charge is 0.287 e. The molecule has 2 N–H and O–H groups in total. The van der Waals surface area contributed by atoms with Crippen LogP contribution in [0.15, 0.2) is 47.3 Å². The Balaban J connectivity index is 1.56. The Labute approximate surface area is 143 Å². The summed E-state index contributed by atoms with van der Waals surface area (Å²) >= 11 is 0. The summed E-state index contributed by atoms with van der Waals surface area (Å²) in [6, 6.07) is 10.5. The number of carbonyl (C=O) groups excluding carboxylic acids is 1. The van der Waals surface area contributed by atoms with Crippen LogP contribution in [-0.2, 0) is 13.0 Å². The Kier molecular flexibility index (Phi) is 5.07. The average molecular weight is 337 g/mol. The fourth-order valence-corrected chi connectivity index (χ4v) is 2.19. The minimum atomic E-state index is -0.325. The zero-order chi connectivity index (χ0) is 17.5. The highest BCUT2D eigenvalue weighted by molar-refractivity contribution is 5.92. The number of rotatable bonds is 7. The van der Waals surface area contributed by atoms with Crippen molar-refractivity contribution in [1.82, 2.24) is 20.5 Å². The van der Waals surface area contributed by atoms with Crippen LogP contribution in [-0.4, -0.2) is 27.6 Å². The Morgan fingerprint density at radius 3 is 3.12 bits per heavy atom. The van der Waals surface area contributed by atoms with E-state index in [4.69, 9.17) is 14.4 Å². The van der Waals surface area contributed by atoms with Crippen LogP contribution in [0.1, 0.15) is 27.5 Å². The van der Waals surface area contributed by atoms with Gasteiger partial charge in [-0.3, -0.25) is 9.89 Å². The van der Waals surface area contributed by atoms with E-state index in [2.05, 4.69) is 26.6 Å². The van der Waals surface area contributed by atoms with E-state index >= 15 is 0 Å². The van der Waals surface area contributed by atoms with Crippen LogP contribution in [0.3, 0.4) is 0 Å². The number of ether oxygens (including phenoxy) is 1. The van der Waals surface area contributed by atoms with Gasteiger partial charge in [-0.15, -0.1) is 0 Å². The van der Waals surface area contributed by atoms with Gasteiger partial charge in [0.1, 0.15) is 24.5 Å². The third-order valence-electron chi connectivity index (χ3n) is 3.42. The fourth-order valence-electron chi connectivity index (χ4n) is 2.19. The second kappa shape index (κ2) is 7.79. The molecule has 1 aromatic carbocycles. The van der Waals surface area contributed by atoms with Gasteiger partial charge in [0.25, 0.3) is 5.91 Å². The van der Waals surface area contributed by atoms with Gasteiger partial charge < -0.3 is 14.5 Å². The van der Waals surface area contributed by atoms with Crippen LogP contribution < -0.4 is 10.1 Å². The normalized spacial score (nSPS) is 10.2. The number of benzene rings is 1. The van der Waals surface area contributed by atoms with Crippen LogP contribution in [0.5, 0.6) is 5.75 Å². The number of nitriles is 1. The molecule has 1 amide bonds. The van der Waals surface area contributed by atoms with Crippen molar-refractivity contribution in [1.29, 1.82) is 5.26 Å². The SMILES string of the molecule is N#Cc1cccc(OCc2ccoc2C(=O)NCCc2ncn[nH]2)c1. The number of nitrogens with one attached hydrogen (secondary N) is 2. The highest BCUT2D eigenvalue weighted by Gasteiger charge is 2.15. The van der Waals surface area contributed by atoms with Crippen LogP contribution in [0.2, 0.25) is 0 Å². The lowest BCUT2D eigenvalue weighted by Crippen LogP contribution is -2.26. The Bertz CT molecular complexity index is 880. The number of furan rings is 1. The summed E-state index contributed by atoms with van der Waals surface area (Å²) in [4.78, 5) is 16.2. The molecule has 0 fully saturated rings. The summed E-state index contributed by atoms with van der Waals surface area (Å²) in [5.41, 5.74) is 1.13. The van der Waals surface area contributed by atoms with Gasteiger partial charge >= 0.3 is 0 Å². The van der Waals surface area contributed by atoms with E-state index in [1.807, 2.05) is 0 Å². The number of aromatic nitrogens is 3. The van der Waals surface area contributed by atoms with Gasteiger partial charge in [-0.25, -0.2) is 4.98 Å². The first kappa shape index (κ1) is 16.3. The van der Waals surface area contributed by atoms with E-state index in [1.54, 1.807) is 30.3 Å². The number of hydrogen-bond acceptors (Lipinski definition) is 6. The molecule has 2 heterocycles. The monoisotopic (exact) mass is 337 g/mol. The number of nitrogens with zero attached hydrogens (tertiary/aromatic N) is 3. The molecule has 0 aliphatic carbocycles. The van der Waals surface area contributed by atoms with Crippen molar-refractivity contribution in [3.05, 3.63) is 65.6 Å². The first-order valence-corrected chi connectivity index (χ1v) is 7.58. The summed E-state index contributed by atoms with van der Waals surface area (Å²) in [5, 5.41) is 18.1. The molecular weight excluding hydrogens is 322 g/mol. The van der Waals surface area contributed by atoms with Gasteiger partial charge in [0.2, 0.25) is 0 Å². The van der Waals surface area contributed by atoms with E-state index in [-0.39, 0.29) is 18.3 Å². The van der Waals surface area contributed by atoms with Crippen molar-refractivity contribution in [2.75, 3.05) is 6.54 Å². The molecule has 0 radical (unpaired) electrons. The van der Waals surface area contributed by atoms with Crippen molar-refractivity contribution < 1.29 is 13.9 Å². The number of H-pyrrole nitrogens is 1. The zero-order valence-corrected chi connectivity index (χ0v) is 13.2. The number of amides is 1. The average Bonchev–Trinajstić information content (AvgIpc) is 3.31. The number of carbonyl (C=O) groups is 1. The molecule has 0 saturated heterocycles. The Hall–Kier alpha value is -3.60. The summed E-state index contributed by atoms with van der Waals surface area (Å²) in [6.07, 6.45) is 3.40. The predicted octanol–water partition coefficient (Wildman–Crippen LogP) is 1.82. The van der Waals surface area contributed by atoms with Crippen molar-refractivity contribution >= 4 is 5.91 Å². The van der Waals surface area contributed by atoms with Crippen molar-refractivity contribution in [2.24, 2.45) is 0 Å². The first-order valence-electron chi connectivity index (χ1n) is 7.58. The zero-order valence-electron chi connectivity index (χ0n) is 13.2. The summed E-state index contributed by atoms with van der Waals surface area (Å²) in [7, 11) is 0. The van der Waals surface area contributed by atoms with Crippen molar-refractivity contribution in [3.63, 3.8) is 0 Å². The Morgan fingerprint density at radius 2 is 2.32 bits per heavy atom. The van der Waals surface area contributed by atoms with Gasteiger partial charge in [0, 0.05) is 18.5 Å². The molecule has 0 atom stereocenters. The largest absolute Gasteiger partial charge is 0.489 e. The maximum atomic E-state index is 12.2. The van der Waals surface area contributed by atoms with E-state index in [1.165, 1.54) is 12.6 Å². The van der Waals surface area contributed by atoms with E-state index < -0.39 is 0 Å². The van der Waals surface area contributed by atoms with Crippen LogP contribution in [0.25, 0.3) is 0 Å². The molecular formula is C17H15N5O3. The van der Waals surface area contributed by atoms with Crippen LogP contribution in [0, 0.1) is 11.3 Å². The van der Waals surface area contributed by atoms with Gasteiger partial charge in [-0.1, -0.05) is 6.07 Å². The fraction of sp³-hybridized carbons (Fsp3) is 0.176. The minimum Gasteiger partial charge on any atom is -0.489 e. The van der Waals surface area contributed by atoms with Crippen LogP contribution >= 0.6 is 0 Å². The molecule has 126 valence electrons. The van der Waals surface area contributed by atoms with E-state index in [9.17, 15) is 4.79 Å². The molecule has 0 unspecified atom stereocenters. The number of aromatic amines is 1. The van der Waals surface area contributed by atoms with Crippen molar-refractivity contribution in [3.8, 4) is 11.8 Å². The first-order chi connectivity index (χ1) is 12.3.